The molecule has 3 aliphatic carbocycles. The minimum Gasteiger partial charge on any atom is -0.481 e. The summed E-state index contributed by atoms with van der Waals surface area (Å²) in [6.07, 6.45) is 4.31. The van der Waals surface area contributed by atoms with Crippen molar-refractivity contribution in [3.05, 3.63) is 59.7 Å². The summed E-state index contributed by atoms with van der Waals surface area (Å²) in [6.45, 7) is 0.289. The quantitative estimate of drug-likeness (QED) is 0.548. The van der Waals surface area contributed by atoms with Crippen LogP contribution in [0, 0.1) is 11.8 Å². The Morgan fingerprint density at radius 1 is 0.829 bits per heavy atom. The van der Waals surface area contributed by atoms with Gasteiger partial charge in [0.15, 0.2) is 0 Å². The van der Waals surface area contributed by atoms with Crippen LogP contribution in [0.1, 0.15) is 62.0 Å². The van der Waals surface area contributed by atoms with E-state index in [2.05, 4.69) is 34.9 Å². The predicted octanol–water partition coefficient (Wildman–Crippen LogP) is 4.45. The van der Waals surface area contributed by atoms with Crippen LogP contribution in [0.3, 0.4) is 0 Å². The smallest absolute Gasteiger partial charge is 0.407 e. The summed E-state index contributed by atoms with van der Waals surface area (Å²) in [5, 5.41) is 15.1. The number of alkyl carbamates (subject to hydrolysis) is 1. The number of hydrogen-bond acceptors (Lipinski definition) is 4. The van der Waals surface area contributed by atoms with Crippen LogP contribution >= 0.6 is 0 Å². The molecule has 0 heterocycles. The van der Waals surface area contributed by atoms with Crippen LogP contribution in [0.4, 0.5) is 4.79 Å². The molecule has 2 aromatic rings. The predicted molar refractivity (Wildman–Crippen MR) is 131 cm³/mol. The maximum absolute atomic E-state index is 12.6. The number of hydrogen-bond donors (Lipinski definition) is 3. The van der Waals surface area contributed by atoms with Gasteiger partial charge >= 0.3 is 12.1 Å². The van der Waals surface area contributed by atoms with Crippen LogP contribution in [-0.2, 0) is 14.3 Å². The van der Waals surface area contributed by atoms with Crippen LogP contribution in [0.15, 0.2) is 48.5 Å². The van der Waals surface area contributed by atoms with E-state index in [1.54, 1.807) is 0 Å². The molecule has 0 unspecified atom stereocenters. The lowest BCUT2D eigenvalue weighted by molar-refractivity contribution is -0.141. The monoisotopic (exact) mass is 476 g/mol. The number of aliphatic carboxylic acids is 1. The first-order chi connectivity index (χ1) is 17.0. The van der Waals surface area contributed by atoms with Crippen molar-refractivity contribution in [3.63, 3.8) is 0 Å². The average molecular weight is 477 g/mol. The molecule has 35 heavy (non-hydrogen) atoms. The topological polar surface area (TPSA) is 105 Å². The van der Waals surface area contributed by atoms with Gasteiger partial charge in [0.1, 0.15) is 6.61 Å². The van der Waals surface area contributed by atoms with Crippen molar-refractivity contribution >= 4 is 18.0 Å². The van der Waals surface area contributed by atoms with Gasteiger partial charge in [-0.15, -0.1) is 0 Å². The van der Waals surface area contributed by atoms with E-state index in [1.165, 1.54) is 22.3 Å². The Balaban J connectivity index is 1.07. The van der Waals surface area contributed by atoms with Crippen LogP contribution in [-0.4, -0.2) is 41.8 Å². The van der Waals surface area contributed by atoms with E-state index in [1.807, 2.05) is 24.3 Å². The normalized spacial score (nSPS) is 25.0. The molecule has 2 aromatic carbocycles. The third-order valence-corrected chi connectivity index (χ3v) is 7.83. The van der Waals surface area contributed by atoms with Gasteiger partial charge in [-0.1, -0.05) is 48.5 Å². The first-order valence-electron chi connectivity index (χ1n) is 12.6. The molecule has 0 aromatic heterocycles. The molecule has 3 N–H and O–H groups in total. The van der Waals surface area contributed by atoms with Gasteiger partial charge in [0.05, 0.1) is 5.92 Å². The lowest BCUT2D eigenvalue weighted by Crippen LogP contribution is -2.35. The zero-order valence-corrected chi connectivity index (χ0v) is 19.7. The Morgan fingerprint density at radius 2 is 1.46 bits per heavy atom. The summed E-state index contributed by atoms with van der Waals surface area (Å²) in [5.41, 5.74) is 4.77. The number of rotatable bonds is 7. The van der Waals surface area contributed by atoms with Crippen molar-refractivity contribution in [1.82, 2.24) is 10.6 Å². The standard InChI is InChI=1S/C28H32N2O5/c31-26(29-20-12-10-18(15-20)27(32)33)14-17-9-11-19(13-17)30-28(34)35-16-25-23-7-3-1-5-21(23)22-6-2-4-8-24(22)25/h1-8,17-20,25H,9-16H2,(H,29,31)(H,30,34)(H,32,33)/t17-,18-,19+,20+/m0/s1. The number of carbonyl (C=O) groups excluding carboxylic acids is 2. The Morgan fingerprint density at radius 3 is 2.11 bits per heavy atom. The maximum atomic E-state index is 12.6. The summed E-state index contributed by atoms with van der Waals surface area (Å²) in [7, 11) is 0. The fraction of sp³-hybridized carbons (Fsp3) is 0.464. The van der Waals surface area contributed by atoms with Gasteiger partial charge < -0.3 is 20.5 Å². The van der Waals surface area contributed by atoms with Crippen LogP contribution in [0.25, 0.3) is 11.1 Å². The van der Waals surface area contributed by atoms with Crippen molar-refractivity contribution in [2.75, 3.05) is 6.61 Å². The zero-order valence-electron chi connectivity index (χ0n) is 19.7. The highest BCUT2D eigenvalue weighted by Gasteiger charge is 2.33. The molecule has 7 heteroatoms. The number of benzene rings is 2. The highest BCUT2D eigenvalue weighted by Crippen LogP contribution is 2.44. The molecule has 0 bridgehead atoms. The Kier molecular flexibility index (Phi) is 6.75. The van der Waals surface area contributed by atoms with Crippen LogP contribution < -0.4 is 10.6 Å². The number of carbonyl (C=O) groups is 3. The maximum Gasteiger partial charge on any atom is 0.407 e. The van der Waals surface area contributed by atoms with E-state index in [0.29, 0.717) is 19.3 Å². The second-order valence-corrected chi connectivity index (χ2v) is 10.2. The minimum absolute atomic E-state index is 0.00585. The Bertz CT molecular complexity index is 1070. The molecule has 0 radical (unpaired) electrons. The fourth-order valence-corrected chi connectivity index (χ4v) is 6.08. The van der Waals surface area contributed by atoms with Crippen molar-refractivity contribution in [1.29, 1.82) is 0 Å². The summed E-state index contributed by atoms with van der Waals surface area (Å²) < 4.78 is 5.66. The summed E-state index contributed by atoms with van der Waals surface area (Å²) in [5.74, 6) is -0.903. The van der Waals surface area contributed by atoms with E-state index < -0.39 is 12.1 Å². The number of nitrogens with one attached hydrogen (secondary N) is 2. The van der Waals surface area contributed by atoms with Crippen LogP contribution in [0.2, 0.25) is 0 Å². The number of carboxylic acid groups (broad SMARTS) is 1. The van der Waals surface area contributed by atoms with Gasteiger partial charge in [-0.2, -0.15) is 0 Å². The van der Waals surface area contributed by atoms with Crippen molar-refractivity contribution in [3.8, 4) is 11.1 Å². The highest BCUT2D eigenvalue weighted by atomic mass is 16.5. The van der Waals surface area contributed by atoms with Gasteiger partial charge in [0.25, 0.3) is 0 Å². The van der Waals surface area contributed by atoms with Gasteiger partial charge in [0, 0.05) is 24.4 Å². The van der Waals surface area contributed by atoms with E-state index >= 15 is 0 Å². The fourth-order valence-electron chi connectivity index (χ4n) is 6.08. The molecule has 7 nitrogen and oxygen atoms in total. The lowest BCUT2D eigenvalue weighted by Gasteiger charge is -2.17. The Hall–Kier alpha value is -3.35. The molecule has 2 fully saturated rings. The van der Waals surface area contributed by atoms with E-state index in [9.17, 15) is 14.4 Å². The molecule has 0 spiro atoms. The first-order valence-corrected chi connectivity index (χ1v) is 12.6. The van der Waals surface area contributed by atoms with Crippen molar-refractivity contribution in [2.24, 2.45) is 11.8 Å². The van der Waals surface area contributed by atoms with Gasteiger partial charge in [-0.05, 0) is 66.7 Å². The summed E-state index contributed by atoms with van der Waals surface area (Å²) in [4.78, 5) is 36.1. The van der Waals surface area contributed by atoms with Crippen molar-refractivity contribution < 1.29 is 24.2 Å². The first kappa shape index (κ1) is 23.4. The molecule has 184 valence electrons. The van der Waals surface area contributed by atoms with Gasteiger partial charge in [-0.25, -0.2) is 4.79 Å². The SMILES string of the molecule is O=C(C[C@H]1CC[C@@H](NC(=O)OCC2c3ccccc3-c3ccccc32)C1)N[C@@H]1CC[C@H](C(=O)O)C1. The molecule has 2 amide bonds. The molecule has 3 aliphatic rings. The summed E-state index contributed by atoms with van der Waals surface area (Å²) >= 11 is 0. The summed E-state index contributed by atoms with van der Waals surface area (Å²) in [6, 6.07) is 16.5. The van der Waals surface area contributed by atoms with Gasteiger partial charge in [0.2, 0.25) is 5.91 Å². The molecule has 0 aliphatic heterocycles. The third kappa shape index (κ3) is 5.19. The van der Waals surface area contributed by atoms with Crippen molar-refractivity contribution in [2.45, 2.75) is 62.9 Å². The van der Waals surface area contributed by atoms with E-state index in [-0.39, 0.29) is 42.4 Å². The number of fused-ring (bicyclic) bond motifs is 3. The second kappa shape index (κ2) is 10.1. The number of amides is 2. The number of ether oxygens (including phenoxy) is 1. The molecule has 4 atom stereocenters. The molecular formula is C28H32N2O5. The number of carboxylic acids is 1. The largest absolute Gasteiger partial charge is 0.481 e. The molecule has 5 rings (SSSR count). The lowest BCUT2D eigenvalue weighted by atomic mass is 9.98. The molecule has 2 saturated carbocycles. The highest BCUT2D eigenvalue weighted by molar-refractivity contribution is 5.79. The van der Waals surface area contributed by atoms with E-state index in [4.69, 9.17) is 9.84 Å². The third-order valence-electron chi connectivity index (χ3n) is 7.83. The minimum atomic E-state index is -0.778. The Labute approximate surface area is 205 Å². The second-order valence-electron chi connectivity index (χ2n) is 10.2. The van der Waals surface area contributed by atoms with E-state index in [0.717, 1.165) is 25.7 Å². The molecule has 0 saturated heterocycles. The average Bonchev–Trinajstić information content (AvgIpc) is 3.56. The van der Waals surface area contributed by atoms with Gasteiger partial charge in [-0.3, -0.25) is 9.59 Å². The zero-order chi connectivity index (χ0) is 24.4. The van der Waals surface area contributed by atoms with Crippen LogP contribution in [0.5, 0.6) is 0 Å². The molecular weight excluding hydrogens is 444 g/mol.